The van der Waals surface area contributed by atoms with Crippen LogP contribution in [0.15, 0.2) is 23.7 Å². The van der Waals surface area contributed by atoms with Gasteiger partial charge in [-0.3, -0.25) is 0 Å². The number of fused-ring (bicyclic) bond motifs is 1. The largest absolute Gasteiger partial charge is 0.359 e. The molecule has 1 N–H and O–H groups in total. The molecule has 0 atom stereocenters. The lowest BCUT2D eigenvalue weighted by Crippen LogP contribution is -2.00. The molecule has 14 heavy (non-hydrogen) atoms. The monoisotopic (exact) mass is 202 g/mol. The first-order chi connectivity index (χ1) is 6.92. The lowest BCUT2D eigenvalue weighted by molar-refractivity contribution is 1.27. The van der Waals surface area contributed by atoms with E-state index in [0.717, 1.165) is 5.82 Å². The molecule has 0 aliphatic heterocycles. The lowest BCUT2D eigenvalue weighted by Gasteiger charge is -2.01. The molecule has 0 bridgehead atoms. The van der Waals surface area contributed by atoms with Crippen molar-refractivity contribution in [2.45, 2.75) is 6.92 Å². The summed E-state index contributed by atoms with van der Waals surface area (Å²) in [6.07, 6.45) is 1.82. The van der Waals surface area contributed by atoms with E-state index in [2.05, 4.69) is 33.6 Å². The summed E-state index contributed by atoms with van der Waals surface area (Å²) in [6.45, 7) is 2.48. The first kappa shape index (κ1) is 9.04. The highest BCUT2D eigenvalue weighted by Gasteiger charge is 2.00. The standard InChI is InChI=1S/C11H10N2S/c1-2-3-6-12-11-9-5-8-14-10(9)4-7-13-11/h4-5,7-8H,6H2,1H3,(H,12,13). The number of nitrogens with zero attached hydrogens (tertiary/aromatic N) is 1. The molecule has 0 saturated carbocycles. The molecule has 0 amide bonds. The summed E-state index contributed by atoms with van der Waals surface area (Å²) in [5.74, 6) is 6.72. The van der Waals surface area contributed by atoms with E-state index in [4.69, 9.17) is 0 Å². The highest BCUT2D eigenvalue weighted by atomic mass is 32.1. The zero-order valence-corrected chi connectivity index (χ0v) is 8.69. The van der Waals surface area contributed by atoms with E-state index in [1.54, 1.807) is 11.3 Å². The number of hydrogen-bond acceptors (Lipinski definition) is 3. The van der Waals surface area contributed by atoms with Crippen molar-refractivity contribution in [1.29, 1.82) is 0 Å². The summed E-state index contributed by atoms with van der Waals surface area (Å²) in [4.78, 5) is 4.28. The van der Waals surface area contributed by atoms with Crippen molar-refractivity contribution in [3.8, 4) is 11.8 Å². The Morgan fingerprint density at radius 1 is 1.50 bits per heavy atom. The van der Waals surface area contributed by atoms with Crippen LogP contribution in [0.3, 0.4) is 0 Å². The fourth-order valence-electron chi connectivity index (χ4n) is 1.25. The SMILES string of the molecule is CC#CCNc1nccc2sccc12. The topological polar surface area (TPSA) is 24.9 Å². The average Bonchev–Trinajstić information content (AvgIpc) is 2.67. The molecule has 0 radical (unpaired) electrons. The smallest absolute Gasteiger partial charge is 0.135 e. The second-order valence-electron chi connectivity index (χ2n) is 2.77. The van der Waals surface area contributed by atoms with Gasteiger partial charge in [-0.1, -0.05) is 5.92 Å². The molecule has 2 heterocycles. The number of nitrogens with one attached hydrogen (secondary N) is 1. The van der Waals surface area contributed by atoms with E-state index < -0.39 is 0 Å². The van der Waals surface area contributed by atoms with Crippen molar-refractivity contribution < 1.29 is 0 Å². The van der Waals surface area contributed by atoms with Crippen LogP contribution in [0.2, 0.25) is 0 Å². The molecule has 3 heteroatoms. The van der Waals surface area contributed by atoms with Gasteiger partial charge in [0.05, 0.1) is 6.54 Å². The summed E-state index contributed by atoms with van der Waals surface area (Å²) in [6, 6.07) is 4.10. The Morgan fingerprint density at radius 3 is 3.29 bits per heavy atom. The van der Waals surface area contributed by atoms with Crippen molar-refractivity contribution >= 4 is 27.2 Å². The summed E-state index contributed by atoms with van der Waals surface area (Å²) in [5.41, 5.74) is 0. The predicted octanol–water partition coefficient (Wildman–Crippen LogP) is 2.73. The minimum absolute atomic E-state index is 0.651. The van der Waals surface area contributed by atoms with Crippen LogP contribution in [0.1, 0.15) is 6.92 Å². The van der Waals surface area contributed by atoms with Gasteiger partial charge in [0.1, 0.15) is 5.82 Å². The molecule has 0 aromatic carbocycles. The average molecular weight is 202 g/mol. The second-order valence-corrected chi connectivity index (χ2v) is 3.72. The Hall–Kier alpha value is -1.53. The first-order valence-corrected chi connectivity index (χ1v) is 5.25. The number of rotatable bonds is 2. The molecule has 2 rings (SSSR count). The third-order valence-corrected chi connectivity index (χ3v) is 2.78. The Bertz CT molecular complexity index is 490. The van der Waals surface area contributed by atoms with Crippen LogP contribution >= 0.6 is 11.3 Å². The molecule has 70 valence electrons. The molecule has 2 aromatic heterocycles. The molecule has 2 nitrogen and oxygen atoms in total. The summed E-state index contributed by atoms with van der Waals surface area (Å²) in [5, 5.41) is 6.45. The normalized spacial score (nSPS) is 9.50. The van der Waals surface area contributed by atoms with Gasteiger partial charge in [0, 0.05) is 16.3 Å². The van der Waals surface area contributed by atoms with Gasteiger partial charge >= 0.3 is 0 Å². The van der Waals surface area contributed by atoms with Crippen molar-refractivity contribution in [1.82, 2.24) is 4.98 Å². The van der Waals surface area contributed by atoms with Crippen LogP contribution < -0.4 is 5.32 Å². The Kier molecular flexibility index (Phi) is 2.66. The van der Waals surface area contributed by atoms with Crippen molar-refractivity contribution in [3.05, 3.63) is 23.7 Å². The first-order valence-electron chi connectivity index (χ1n) is 4.37. The van der Waals surface area contributed by atoms with Crippen molar-refractivity contribution in [3.63, 3.8) is 0 Å². The van der Waals surface area contributed by atoms with Gasteiger partial charge in [-0.25, -0.2) is 4.98 Å². The number of pyridine rings is 1. The maximum Gasteiger partial charge on any atom is 0.135 e. The van der Waals surface area contributed by atoms with Gasteiger partial charge in [-0.2, -0.15) is 0 Å². The maximum absolute atomic E-state index is 4.28. The molecule has 0 aliphatic carbocycles. The fourth-order valence-corrected chi connectivity index (χ4v) is 2.03. The summed E-state index contributed by atoms with van der Waals surface area (Å²) >= 11 is 1.72. The number of anilines is 1. The molecular formula is C11H10N2S. The van der Waals surface area contributed by atoms with E-state index in [1.807, 2.05) is 19.2 Å². The van der Waals surface area contributed by atoms with Gasteiger partial charge in [0.15, 0.2) is 0 Å². The number of aromatic nitrogens is 1. The Morgan fingerprint density at radius 2 is 2.43 bits per heavy atom. The third kappa shape index (κ3) is 1.70. The minimum atomic E-state index is 0.651. The molecule has 0 spiro atoms. The molecule has 0 aliphatic rings. The van der Waals surface area contributed by atoms with Crippen LogP contribution in [0.25, 0.3) is 10.1 Å². The van der Waals surface area contributed by atoms with E-state index in [0.29, 0.717) is 6.54 Å². The zero-order valence-electron chi connectivity index (χ0n) is 7.87. The second kappa shape index (κ2) is 4.12. The van der Waals surface area contributed by atoms with Crippen LogP contribution in [0.4, 0.5) is 5.82 Å². The van der Waals surface area contributed by atoms with Gasteiger partial charge in [-0.15, -0.1) is 17.3 Å². The van der Waals surface area contributed by atoms with E-state index in [9.17, 15) is 0 Å². The molecular weight excluding hydrogens is 192 g/mol. The number of hydrogen-bond donors (Lipinski definition) is 1. The van der Waals surface area contributed by atoms with Crippen LogP contribution in [-0.2, 0) is 0 Å². The number of thiophene rings is 1. The Labute approximate surface area is 87.0 Å². The van der Waals surface area contributed by atoms with Gasteiger partial charge in [0.2, 0.25) is 0 Å². The third-order valence-electron chi connectivity index (χ3n) is 1.90. The van der Waals surface area contributed by atoms with Gasteiger partial charge in [0.25, 0.3) is 0 Å². The van der Waals surface area contributed by atoms with Crippen LogP contribution in [0.5, 0.6) is 0 Å². The quantitative estimate of drug-likeness (QED) is 0.757. The fraction of sp³-hybridized carbons (Fsp3) is 0.182. The predicted molar refractivity (Wildman–Crippen MR) is 61.6 cm³/mol. The highest BCUT2D eigenvalue weighted by Crippen LogP contribution is 2.25. The maximum atomic E-state index is 4.28. The van der Waals surface area contributed by atoms with Crippen LogP contribution in [-0.4, -0.2) is 11.5 Å². The zero-order chi connectivity index (χ0) is 9.80. The highest BCUT2D eigenvalue weighted by molar-refractivity contribution is 7.17. The van der Waals surface area contributed by atoms with E-state index in [-0.39, 0.29) is 0 Å². The Balaban J connectivity index is 2.30. The summed E-state index contributed by atoms with van der Waals surface area (Å²) in [7, 11) is 0. The molecule has 0 fully saturated rings. The summed E-state index contributed by atoms with van der Waals surface area (Å²) < 4.78 is 1.26. The van der Waals surface area contributed by atoms with Crippen LogP contribution in [0, 0.1) is 11.8 Å². The molecule has 2 aromatic rings. The lowest BCUT2D eigenvalue weighted by atomic mass is 10.3. The minimum Gasteiger partial charge on any atom is -0.359 e. The van der Waals surface area contributed by atoms with E-state index >= 15 is 0 Å². The molecule has 0 unspecified atom stereocenters. The van der Waals surface area contributed by atoms with Gasteiger partial charge in [-0.05, 0) is 24.4 Å². The molecule has 0 saturated heterocycles. The van der Waals surface area contributed by atoms with E-state index in [1.165, 1.54) is 10.1 Å². The van der Waals surface area contributed by atoms with Gasteiger partial charge < -0.3 is 5.32 Å². The van der Waals surface area contributed by atoms with Crippen molar-refractivity contribution in [2.75, 3.05) is 11.9 Å². The van der Waals surface area contributed by atoms with Crippen molar-refractivity contribution in [2.24, 2.45) is 0 Å².